The summed E-state index contributed by atoms with van der Waals surface area (Å²) in [5, 5.41) is 6.48. The monoisotopic (exact) mass is 318 g/mol. The largest absolute Gasteiger partial charge is 0.491 e. The van der Waals surface area contributed by atoms with Crippen LogP contribution in [0.5, 0.6) is 5.75 Å². The standard InChI is InChI=1S/C17H19FN2OS/c1-12(2)21-15-9-7-14(8-10-15)20-17(22)19-11-13-5-3-4-6-16(13)18/h3-10,12H,11H2,1-2H3,(H2,19,20,22). The molecule has 116 valence electrons. The summed E-state index contributed by atoms with van der Waals surface area (Å²) in [7, 11) is 0. The minimum atomic E-state index is -0.243. The van der Waals surface area contributed by atoms with Crippen LogP contribution in [0.3, 0.4) is 0 Å². The average Bonchev–Trinajstić information content (AvgIpc) is 2.48. The Morgan fingerprint density at radius 3 is 2.45 bits per heavy atom. The van der Waals surface area contributed by atoms with Crippen molar-refractivity contribution in [3.63, 3.8) is 0 Å². The van der Waals surface area contributed by atoms with Crippen LogP contribution in [0.25, 0.3) is 0 Å². The van der Waals surface area contributed by atoms with Gasteiger partial charge >= 0.3 is 0 Å². The van der Waals surface area contributed by atoms with Gasteiger partial charge in [-0.25, -0.2) is 4.39 Å². The first kappa shape index (κ1) is 16.2. The lowest BCUT2D eigenvalue weighted by Gasteiger charge is -2.13. The smallest absolute Gasteiger partial charge is 0.171 e. The molecule has 2 N–H and O–H groups in total. The van der Waals surface area contributed by atoms with Gasteiger partial charge in [0, 0.05) is 17.8 Å². The summed E-state index contributed by atoms with van der Waals surface area (Å²) in [5.74, 6) is 0.568. The predicted molar refractivity (Wildman–Crippen MR) is 91.7 cm³/mol. The predicted octanol–water partition coefficient (Wildman–Crippen LogP) is 4.10. The molecule has 0 radical (unpaired) electrons. The number of hydrogen-bond acceptors (Lipinski definition) is 2. The highest BCUT2D eigenvalue weighted by atomic mass is 32.1. The van der Waals surface area contributed by atoms with E-state index in [1.54, 1.807) is 18.2 Å². The van der Waals surface area contributed by atoms with Crippen molar-refractivity contribution >= 4 is 23.0 Å². The summed E-state index contributed by atoms with van der Waals surface area (Å²) in [4.78, 5) is 0. The zero-order valence-electron chi connectivity index (χ0n) is 12.6. The average molecular weight is 318 g/mol. The van der Waals surface area contributed by atoms with Gasteiger partial charge in [0.25, 0.3) is 0 Å². The fourth-order valence-corrected chi connectivity index (χ4v) is 2.07. The van der Waals surface area contributed by atoms with Crippen LogP contribution >= 0.6 is 12.2 Å². The maximum Gasteiger partial charge on any atom is 0.171 e. The number of ether oxygens (including phenoxy) is 1. The van der Waals surface area contributed by atoms with Crippen LogP contribution in [-0.2, 0) is 6.54 Å². The maximum atomic E-state index is 13.5. The first-order chi connectivity index (χ1) is 10.5. The number of halogens is 1. The number of rotatable bonds is 5. The van der Waals surface area contributed by atoms with Crippen molar-refractivity contribution in [2.24, 2.45) is 0 Å². The Labute approximate surface area is 135 Å². The van der Waals surface area contributed by atoms with Gasteiger partial charge in [0.05, 0.1) is 6.10 Å². The zero-order valence-corrected chi connectivity index (χ0v) is 13.4. The van der Waals surface area contributed by atoms with E-state index >= 15 is 0 Å². The van der Waals surface area contributed by atoms with E-state index < -0.39 is 0 Å². The van der Waals surface area contributed by atoms with Crippen LogP contribution in [0.4, 0.5) is 10.1 Å². The highest BCUT2D eigenvalue weighted by Crippen LogP contribution is 2.16. The number of hydrogen-bond donors (Lipinski definition) is 2. The molecule has 3 nitrogen and oxygen atoms in total. The lowest BCUT2D eigenvalue weighted by molar-refractivity contribution is 0.242. The molecule has 0 atom stereocenters. The van der Waals surface area contributed by atoms with Crippen LogP contribution in [0.1, 0.15) is 19.4 Å². The lowest BCUT2D eigenvalue weighted by atomic mass is 10.2. The third-order valence-corrected chi connectivity index (χ3v) is 3.13. The molecular formula is C17H19FN2OS. The lowest BCUT2D eigenvalue weighted by Crippen LogP contribution is -2.28. The second kappa shape index (κ2) is 7.75. The molecule has 0 bridgehead atoms. The molecule has 0 unspecified atom stereocenters. The van der Waals surface area contributed by atoms with Gasteiger partial charge in [-0.15, -0.1) is 0 Å². The van der Waals surface area contributed by atoms with Crippen molar-refractivity contribution in [2.75, 3.05) is 5.32 Å². The van der Waals surface area contributed by atoms with Gasteiger partial charge in [-0.05, 0) is 56.4 Å². The van der Waals surface area contributed by atoms with E-state index in [0.29, 0.717) is 17.2 Å². The molecule has 22 heavy (non-hydrogen) atoms. The number of benzene rings is 2. The Morgan fingerprint density at radius 1 is 1.14 bits per heavy atom. The topological polar surface area (TPSA) is 33.3 Å². The summed E-state index contributed by atoms with van der Waals surface area (Å²) >= 11 is 5.21. The molecule has 0 spiro atoms. The molecule has 5 heteroatoms. The zero-order chi connectivity index (χ0) is 15.9. The van der Waals surface area contributed by atoms with Gasteiger partial charge < -0.3 is 15.4 Å². The Balaban J connectivity index is 1.85. The molecular weight excluding hydrogens is 299 g/mol. The SMILES string of the molecule is CC(C)Oc1ccc(NC(=S)NCc2ccccc2F)cc1. The van der Waals surface area contributed by atoms with Gasteiger partial charge in [0.2, 0.25) is 0 Å². The quantitative estimate of drug-likeness (QED) is 0.813. The molecule has 0 aliphatic carbocycles. The molecule has 0 saturated carbocycles. The van der Waals surface area contributed by atoms with Crippen molar-refractivity contribution < 1.29 is 9.13 Å². The third kappa shape index (κ3) is 5.00. The summed E-state index contributed by atoms with van der Waals surface area (Å²) in [6.07, 6.45) is 0.141. The highest BCUT2D eigenvalue weighted by molar-refractivity contribution is 7.80. The summed E-state index contributed by atoms with van der Waals surface area (Å²) in [6, 6.07) is 14.1. The van der Waals surface area contributed by atoms with E-state index in [9.17, 15) is 4.39 Å². The minimum Gasteiger partial charge on any atom is -0.491 e. The van der Waals surface area contributed by atoms with Gasteiger partial charge in [0.1, 0.15) is 11.6 Å². The van der Waals surface area contributed by atoms with Crippen LogP contribution in [0, 0.1) is 5.82 Å². The fourth-order valence-electron chi connectivity index (χ4n) is 1.88. The van der Waals surface area contributed by atoms with E-state index in [2.05, 4.69) is 10.6 Å². The van der Waals surface area contributed by atoms with E-state index in [-0.39, 0.29) is 11.9 Å². The molecule has 2 rings (SSSR count). The summed E-state index contributed by atoms with van der Waals surface area (Å²) in [5.41, 5.74) is 1.43. The highest BCUT2D eigenvalue weighted by Gasteiger charge is 2.03. The van der Waals surface area contributed by atoms with Gasteiger partial charge in [-0.3, -0.25) is 0 Å². The Bertz CT molecular complexity index is 629. The Kier molecular flexibility index (Phi) is 5.72. The number of thiocarbonyl (C=S) groups is 1. The minimum absolute atomic E-state index is 0.141. The van der Waals surface area contributed by atoms with Gasteiger partial charge in [0.15, 0.2) is 5.11 Å². The Hall–Kier alpha value is -2.14. The second-order valence-electron chi connectivity index (χ2n) is 5.09. The third-order valence-electron chi connectivity index (χ3n) is 2.88. The Morgan fingerprint density at radius 2 is 1.82 bits per heavy atom. The molecule has 0 aliphatic rings. The van der Waals surface area contributed by atoms with Crippen molar-refractivity contribution in [1.29, 1.82) is 0 Å². The number of nitrogens with one attached hydrogen (secondary N) is 2. The molecule has 2 aromatic rings. The molecule has 0 amide bonds. The maximum absolute atomic E-state index is 13.5. The second-order valence-corrected chi connectivity index (χ2v) is 5.50. The van der Waals surface area contributed by atoms with Crippen LogP contribution in [0.15, 0.2) is 48.5 Å². The fraction of sp³-hybridized carbons (Fsp3) is 0.235. The van der Waals surface area contributed by atoms with Crippen molar-refractivity contribution in [3.8, 4) is 5.75 Å². The molecule has 0 heterocycles. The molecule has 2 aromatic carbocycles. The summed E-state index contributed by atoms with van der Waals surface area (Å²) in [6.45, 7) is 4.30. The van der Waals surface area contributed by atoms with Crippen molar-refractivity contribution in [2.45, 2.75) is 26.5 Å². The summed E-state index contributed by atoms with van der Waals surface area (Å²) < 4.78 is 19.1. The van der Waals surface area contributed by atoms with E-state index in [4.69, 9.17) is 17.0 Å². The van der Waals surface area contributed by atoms with E-state index in [1.165, 1.54) is 6.07 Å². The molecule has 0 aromatic heterocycles. The molecule has 0 saturated heterocycles. The molecule has 0 fully saturated rings. The normalized spacial score (nSPS) is 10.4. The molecule has 0 aliphatic heterocycles. The van der Waals surface area contributed by atoms with E-state index in [1.807, 2.05) is 38.1 Å². The van der Waals surface area contributed by atoms with Crippen molar-refractivity contribution in [1.82, 2.24) is 5.32 Å². The van der Waals surface area contributed by atoms with Gasteiger partial charge in [-0.1, -0.05) is 18.2 Å². The van der Waals surface area contributed by atoms with Crippen LogP contribution < -0.4 is 15.4 Å². The first-order valence-electron chi connectivity index (χ1n) is 7.09. The van der Waals surface area contributed by atoms with Crippen LogP contribution in [-0.4, -0.2) is 11.2 Å². The first-order valence-corrected chi connectivity index (χ1v) is 7.50. The number of anilines is 1. The van der Waals surface area contributed by atoms with Crippen molar-refractivity contribution in [3.05, 3.63) is 59.9 Å². The van der Waals surface area contributed by atoms with E-state index in [0.717, 1.165) is 11.4 Å². The van der Waals surface area contributed by atoms with Gasteiger partial charge in [-0.2, -0.15) is 0 Å². The van der Waals surface area contributed by atoms with Crippen LogP contribution in [0.2, 0.25) is 0 Å².